The van der Waals surface area contributed by atoms with Gasteiger partial charge in [0.15, 0.2) is 4.34 Å². The van der Waals surface area contributed by atoms with Gasteiger partial charge in [0, 0.05) is 22.3 Å². The number of aromatic nitrogens is 1. The second-order valence-electron chi connectivity index (χ2n) is 6.34. The van der Waals surface area contributed by atoms with Gasteiger partial charge in [-0.3, -0.25) is 14.4 Å². The summed E-state index contributed by atoms with van der Waals surface area (Å²) in [6.45, 7) is 0. The molecular formula is C21H20N4O4S2. The molecule has 0 bridgehead atoms. The van der Waals surface area contributed by atoms with Gasteiger partial charge in [-0.25, -0.2) is 4.98 Å². The Morgan fingerprint density at radius 3 is 2.23 bits per heavy atom. The van der Waals surface area contributed by atoms with Gasteiger partial charge in [0.1, 0.15) is 5.75 Å². The molecule has 2 aromatic carbocycles. The molecule has 8 nitrogen and oxygen atoms in total. The number of anilines is 2. The van der Waals surface area contributed by atoms with Crippen molar-refractivity contribution in [2.45, 2.75) is 10.8 Å². The van der Waals surface area contributed by atoms with Gasteiger partial charge in [0.05, 0.1) is 25.0 Å². The topological polar surface area (TPSA) is 123 Å². The average Bonchev–Trinajstić information content (AvgIpc) is 3.20. The second-order valence-corrected chi connectivity index (χ2v) is 8.42. The number of rotatable bonds is 9. The SMILES string of the molecule is COc1ccc(NC(=O)CSc2nc(CC(=O)Nc3ccc(C(N)=O)cc3)cs2)cc1. The normalized spacial score (nSPS) is 10.4. The minimum atomic E-state index is -0.525. The maximum absolute atomic E-state index is 12.2. The number of carbonyl (C=O) groups excluding carboxylic acids is 3. The summed E-state index contributed by atoms with van der Waals surface area (Å²) in [7, 11) is 1.58. The van der Waals surface area contributed by atoms with Crippen molar-refractivity contribution in [3.05, 3.63) is 65.2 Å². The number of methoxy groups -OCH3 is 1. The first-order valence-electron chi connectivity index (χ1n) is 9.14. The molecule has 160 valence electrons. The molecule has 0 fully saturated rings. The first kappa shape index (κ1) is 22.3. The quantitative estimate of drug-likeness (QED) is 0.425. The van der Waals surface area contributed by atoms with E-state index in [9.17, 15) is 14.4 Å². The predicted molar refractivity (Wildman–Crippen MR) is 122 cm³/mol. The summed E-state index contributed by atoms with van der Waals surface area (Å²) >= 11 is 2.69. The summed E-state index contributed by atoms with van der Waals surface area (Å²) in [5.74, 6) is 0.0182. The van der Waals surface area contributed by atoms with Crippen molar-refractivity contribution in [3.63, 3.8) is 0 Å². The Morgan fingerprint density at radius 1 is 1.00 bits per heavy atom. The van der Waals surface area contributed by atoms with Crippen LogP contribution < -0.4 is 21.1 Å². The van der Waals surface area contributed by atoms with E-state index in [0.717, 1.165) is 5.75 Å². The van der Waals surface area contributed by atoms with Crippen molar-refractivity contribution in [2.75, 3.05) is 23.5 Å². The molecule has 3 rings (SSSR count). The van der Waals surface area contributed by atoms with Gasteiger partial charge in [-0.2, -0.15) is 0 Å². The van der Waals surface area contributed by atoms with Crippen molar-refractivity contribution in [2.24, 2.45) is 5.73 Å². The molecule has 0 aliphatic heterocycles. The lowest BCUT2D eigenvalue weighted by molar-refractivity contribution is -0.116. The van der Waals surface area contributed by atoms with Gasteiger partial charge in [-0.1, -0.05) is 11.8 Å². The van der Waals surface area contributed by atoms with Crippen LogP contribution in [0.25, 0.3) is 0 Å². The van der Waals surface area contributed by atoms with Gasteiger partial charge in [-0.05, 0) is 48.5 Å². The Balaban J connectivity index is 1.45. The van der Waals surface area contributed by atoms with E-state index in [1.54, 1.807) is 61.0 Å². The highest BCUT2D eigenvalue weighted by atomic mass is 32.2. The van der Waals surface area contributed by atoms with Gasteiger partial charge < -0.3 is 21.1 Å². The van der Waals surface area contributed by atoms with Crippen LogP contribution in [-0.2, 0) is 16.0 Å². The Kier molecular flexibility index (Phi) is 7.63. The number of benzene rings is 2. The van der Waals surface area contributed by atoms with Crippen molar-refractivity contribution in [1.82, 2.24) is 4.98 Å². The molecule has 3 aromatic rings. The van der Waals surface area contributed by atoms with E-state index < -0.39 is 5.91 Å². The minimum absolute atomic E-state index is 0.104. The molecule has 31 heavy (non-hydrogen) atoms. The van der Waals surface area contributed by atoms with Crippen molar-refractivity contribution < 1.29 is 19.1 Å². The molecule has 3 amide bonds. The standard InChI is InChI=1S/C21H20N4O4S2/c1-29-17-8-6-15(7-9-17)24-19(27)12-31-21-25-16(11-30-21)10-18(26)23-14-4-2-13(3-5-14)20(22)28/h2-9,11H,10,12H2,1H3,(H2,22,28)(H,23,26)(H,24,27). The number of nitrogens with zero attached hydrogens (tertiary/aromatic N) is 1. The summed E-state index contributed by atoms with van der Waals surface area (Å²) in [6, 6.07) is 13.4. The van der Waals surface area contributed by atoms with Crippen LogP contribution in [-0.4, -0.2) is 35.6 Å². The van der Waals surface area contributed by atoms with Gasteiger partial charge in [0.2, 0.25) is 17.7 Å². The maximum atomic E-state index is 12.2. The Labute approximate surface area is 187 Å². The molecule has 1 heterocycles. The third-order valence-corrected chi connectivity index (χ3v) is 6.10. The van der Waals surface area contributed by atoms with Crippen LogP contribution in [0.4, 0.5) is 11.4 Å². The number of nitrogens with one attached hydrogen (secondary N) is 2. The average molecular weight is 457 g/mol. The van der Waals surface area contributed by atoms with Gasteiger partial charge in [0.25, 0.3) is 0 Å². The Bertz CT molecular complexity index is 1070. The molecule has 0 spiro atoms. The van der Waals surface area contributed by atoms with Crippen LogP contribution in [0.15, 0.2) is 58.3 Å². The number of amides is 3. The van der Waals surface area contributed by atoms with E-state index in [-0.39, 0.29) is 24.0 Å². The number of carbonyl (C=O) groups is 3. The highest BCUT2D eigenvalue weighted by Crippen LogP contribution is 2.23. The lowest BCUT2D eigenvalue weighted by Gasteiger charge is -2.05. The van der Waals surface area contributed by atoms with Crippen LogP contribution in [0.2, 0.25) is 0 Å². The predicted octanol–water partition coefficient (Wildman–Crippen LogP) is 3.16. The van der Waals surface area contributed by atoms with E-state index in [0.29, 0.717) is 27.0 Å². The summed E-state index contributed by atoms with van der Waals surface area (Å²) in [5.41, 5.74) is 7.44. The third kappa shape index (κ3) is 6.83. The van der Waals surface area contributed by atoms with E-state index in [2.05, 4.69) is 15.6 Å². The number of primary amides is 1. The van der Waals surface area contributed by atoms with Crippen molar-refractivity contribution in [3.8, 4) is 5.75 Å². The van der Waals surface area contributed by atoms with Crippen LogP contribution in [0.5, 0.6) is 5.75 Å². The first-order chi connectivity index (χ1) is 14.9. The first-order valence-corrected chi connectivity index (χ1v) is 11.0. The highest BCUT2D eigenvalue weighted by Gasteiger charge is 2.11. The van der Waals surface area contributed by atoms with Crippen molar-refractivity contribution >= 4 is 52.2 Å². The smallest absolute Gasteiger partial charge is 0.248 e. The van der Waals surface area contributed by atoms with E-state index in [1.807, 2.05) is 0 Å². The summed E-state index contributed by atoms with van der Waals surface area (Å²) in [4.78, 5) is 39.8. The lowest BCUT2D eigenvalue weighted by Crippen LogP contribution is -2.15. The zero-order chi connectivity index (χ0) is 22.2. The van der Waals surface area contributed by atoms with Crippen LogP contribution in [0.3, 0.4) is 0 Å². The van der Waals surface area contributed by atoms with Gasteiger partial charge in [-0.15, -0.1) is 11.3 Å². The third-order valence-electron chi connectivity index (χ3n) is 4.03. The molecule has 0 aliphatic carbocycles. The molecular weight excluding hydrogens is 436 g/mol. The van der Waals surface area contributed by atoms with E-state index >= 15 is 0 Å². The molecule has 0 saturated heterocycles. The number of nitrogens with two attached hydrogens (primary N) is 1. The summed E-state index contributed by atoms with van der Waals surface area (Å²) in [5, 5.41) is 7.35. The zero-order valence-electron chi connectivity index (χ0n) is 16.6. The summed E-state index contributed by atoms with van der Waals surface area (Å²) < 4.78 is 5.79. The molecule has 4 N–H and O–H groups in total. The fourth-order valence-electron chi connectivity index (χ4n) is 2.52. The molecule has 0 unspecified atom stereocenters. The molecule has 0 saturated carbocycles. The zero-order valence-corrected chi connectivity index (χ0v) is 18.2. The molecule has 0 atom stereocenters. The highest BCUT2D eigenvalue weighted by molar-refractivity contribution is 8.01. The Morgan fingerprint density at radius 2 is 1.61 bits per heavy atom. The molecule has 0 radical (unpaired) electrons. The van der Waals surface area contributed by atoms with Crippen LogP contribution >= 0.6 is 23.1 Å². The largest absolute Gasteiger partial charge is 0.497 e. The summed E-state index contributed by atoms with van der Waals surface area (Å²) in [6.07, 6.45) is 0.104. The molecule has 0 aliphatic rings. The number of thiazole rings is 1. The number of ether oxygens (including phenoxy) is 1. The van der Waals surface area contributed by atoms with E-state index in [1.165, 1.54) is 23.1 Å². The van der Waals surface area contributed by atoms with Crippen LogP contribution in [0.1, 0.15) is 16.1 Å². The fourth-order valence-corrected chi connectivity index (χ4v) is 4.17. The number of hydrogen-bond donors (Lipinski definition) is 3. The minimum Gasteiger partial charge on any atom is -0.497 e. The lowest BCUT2D eigenvalue weighted by atomic mass is 10.2. The molecule has 1 aromatic heterocycles. The molecule has 10 heteroatoms. The van der Waals surface area contributed by atoms with E-state index in [4.69, 9.17) is 10.5 Å². The maximum Gasteiger partial charge on any atom is 0.248 e. The number of hydrogen-bond acceptors (Lipinski definition) is 7. The number of thioether (sulfide) groups is 1. The van der Waals surface area contributed by atoms with Crippen molar-refractivity contribution in [1.29, 1.82) is 0 Å². The fraction of sp³-hybridized carbons (Fsp3) is 0.143. The second kappa shape index (κ2) is 10.6. The van der Waals surface area contributed by atoms with Crippen LogP contribution in [0, 0.1) is 0 Å². The van der Waals surface area contributed by atoms with Gasteiger partial charge >= 0.3 is 0 Å². The Hall–Kier alpha value is -3.37. The monoisotopic (exact) mass is 456 g/mol.